The Balaban J connectivity index is 1.25. The number of aryl methyl sites for hydroxylation is 3. The van der Waals surface area contributed by atoms with Crippen molar-refractivity contribution in [3.05, 3.63) is 125 Å². The molecule has 6 heteroatoms. The number of carbonyl (C=O) groups is 1. The summed E-state index contributed by atoms with van der Waals surface area (Å²) in [6.45, 7) is 2.42. The summed E-state index contributed by atoms with van der Waals surface area (Å²) >= 11 is 0. The van der Waals surface area contributed by atoms with Gasteiger partial charge in [0.05, 0.1) is 7.11 Å². The summed E-state index contributed by atoms with van der Waals surface area (Å²) in [4.78, 5) is 13.5. The van der Waals surface area contributed by atoms with E-state index in [1.165, 1.54) is 5.56 Å². The first kappa shape index (κ1) is 35.7. The maximum atomic E-state index is 13.5. The van der Waals surface area contributed by atoms with Crippen molar-refractivity contribution in [1.29, 1.82) is 0 Å². The van der Waals surface area contributed by atoms with Gasteiger partial charge >= 0.3 is 0 Å². The number of hydrogen-bond donors (Lipinski definition) is 2. The Bertz CT molecular complexity index is 1950. The van der Waals surface area contributed by atoms with Crippen molar-refractivity contribution >= 4 is 16.6 Å². The minimum atomic E-state index is -0.454. The van der Waals surface area contributed by atoms with Crippen LogP contribution in [0.2, 0.25) is 0 Å². The molecule has 2 N–H and O–H groups in total. The number of benzene rings is 4. The number of phenolic OH excluding ortho intramolecular Hbond substituents is 1. The number of ether oxygens (including phenoxy) is 3. The van der Waals surface area contributed by atoms with Crippen LogP contribution in [0, 0.1) is 23.9 Å². The number of unbranched alkanes of at least 4 members (excludes halogenated alkanes) is 1. The molecule has 6 bridgehead atoms. The van der Waals surface area contributed by atoms with Gasteiger partial charge in [-0.05, 0) is 120 Å². The SMILES string of the molecule is CCc1cc(O)c2c3ccc(cc13)COc1cc(ccc1OC)CCC(=O)C[C@H](C[C@H]1C=C(O)C=C[C@H]1CCCCc1ccccc1)OC#CC2. The van der Waals surface area contributed by atoms with E-state index in [4.69, 9.17) is 14.2 Å². The fourth-order valence-corrected chi connectivity index (χ4v) is 7.34. The third-order valence-electron chi connectivity index (χ3n) is 10.2. The van der Waals surface area contributed by atoms with E-state index < -0.39 is 6.10 Å². The number of rotatable bonds is 9. The van der Waals surface area contributed by atoms with Gasteiger partial charge in [-0.25, -0.2) is 0 Å². The van der Waals surface area contributed by atoms with Crippen LogP contribution >= 0.6 is 0 Å². The van der Waals surface area contributed by atoms with Gasteiger partial charge in [-0.15, -0.1) is 0 Å². The molecule has 0 saturated heterocycles. The fraction of sp³-hybridized carbons (Fsp3) is 0.356. The van der Waals surface area contributed by atoms with Gasteiger partial charge in [0, 0.05) is 24.8 Å². The third-order valence-corrected chi connectivity index (χ3v) is 10.2. The zero-order valence-corrected chi connectivity index (χ0v) is 29.7. The molecule has 1 aliphatic carbocycles. The fourth-order valence-electron chi connectivity index (χ4n) is 7.34. The van der Waals surface area contributed by atoms with Crippen LogP contribution in [-0.4, -0.2) is 29.2 Å². The maximum Gasteiger partial charge on any atom is 0.161 e. The first-order valence-electron chi connectivity index (χ1n) is 18.2. The molecule has 2 aliphatic heterocycles. The summed E-state index contributed by atoms with van der Waals surface area (Å²) < 4.78 is 18.1. The second kappa shape index (κ2) is 17.2. The van der Waals surface area contributed by atoms with Crippen molar-refractivity contribution in [2.45, 2.75) is 83.8 Å². The Morgan fingerprint density at radius 2 is 1.76 bits per heavy atom. The first-order chi connectivity index (χ1) is 24.9. The molecule has 2 heterocycles. The van der Waals surface area contributed by atoms with Crippen LogP contribution in [0.5, 0.6) is 17.2 Å². The van der Waals surface area contributed by atoms with Gasteiger partial charge in [-0.2, -0.15) is 0 Å². The topological polar surface area (TPSA) is 85.2 Å². The molecule has 0 spiro atoms. The van der Waals surface area contributed by atoms with Crippen molar-refractivity contribution in [3.63, 3.8) is 0 Å². The highest BCUT2D eigenvalue weighted by molar-refractivity contribution is 5.91. The van der Waals surface area contributed by atoms with Gasteiger partial charge < -0.3 is 24.4 Å². The molecule has 0 amide bonds. The molecule has 51 heavy (non-hydrogen) atoms. The average Bonchev–Trinajstić information content (AvgIpc) is 3.14. The Hall–Kier alpha value is -5.15. The van der Waals surface area contributed by atoms with Crippen molar-refractivity contribution in [3.8, 4) is 29.3 Å². The molecule has 264 valence electrons. The van der Waals surface area contributed by atoms with Gasteiger partial charge in [0.25, 0.3) is 0 Å². The van der Waals surface area contributed by atoms with Crippen LogP contribution in [0.3, 0.4) is 0 Å². The minimum Gasteiger partial charge on any atom is -0.508 e. The van der Waals surface area contributed by atoms with Gasteiger partial charge in [-0.1, -0.05) is 73.9 Å². The molecule has 3 aliphatic rings. The molecule has 6 nitrogen and oxygen atoms in total. The number of aliphatic hydroxyl groups is 1. The summed E-state index contributed by atoms with van der Waals surface area (Å²) in [6, 6.07) is 24.4. The van der Waals surface area contributed by atoms with E-state index >= 15 is 0 Å². The van der Waals surface area contributed by atoms with E-state index in [-0.39, 0.29) is 35.5 Å². The van der Waals surface area contributed by atoms with Crippen LogP contribution in [0.15, 0.2) is 96.8 Å². The Labute approximate surface area is 301 Å². The number of allylic oxidation sites excluding steroid dienone is 3. The lowest BCUT2D eigenvalue weighted by molar-refractivity contribution is -0.121. The number of carbonyl (C=O) groups excluding carboxylic acids is 1. The van der Waals surface area contributed by atoms with Gasteiger partial charge in [-0.3, -0.25) is 4.79 Å². The van der Waals surface area contributed by atoms with Crippen molar-refractivity contribution in [1.82, 2.24) is 0 Å². The molecule has 0 radical (unpaired) electrons. The summed E-state index contributed by atoms with van der Waals surface area (Å²) in [5.74, 6) is 5.18. The Morgan fingerprint density at radius 1 is 0.922 bits per heavy atom. The van der Waals surface area contributed by atoms with Crippen LogP contribution in [0.1, 0.15) is 73.3 Å². The summed E-state index contributed by atoms with van der Waals surface area (Å²) in [5.41, 5.74) is 5.12. The quantitative estimate of drug-likeness (QED) is 0.135. The lowest BCUT2D eigenvalue weighted by Gasteiger charge is -2.28. The van der Waals surface area contributed by atoms with Crippen LogP contribution < -0.4 is 9.47 Å². The van der Waals surface area contributed by atoms with E-state index in [9.17, 15) is 15.0 Å². The van der Waals surface area contributed by atoms with Crippen molar-refractivity contribution < 1.29 is 29.2 Å². The average molecular weight is 685 g/mol. The second-order valence-corrected chi connectivity index (χ2v) is 13.7. The summed E-state index contributed by atoms with van der Waals surface area (Å²) in [6.07, 6.45) is 15.2. The van der Waals surface area contributed by atoms with Crippen molar-refractivity contribution in [2.24, 2.45) is 11.8 Å². The van der Waals surface area contributed by atoms with Crippen LogP contribution in [0.4, 0.5) is 0 Å². The second-order valence-electron chi connectivity index (χ2n) is 13.7. The molecule has 0 aromatic heterocycles. The highest BCUT2D eigenvalue weighted by Crippen LogP contribution is 2.35. The lowest BCUT2D eigenvalue weighted by Crippen LogP contribution is -2.24. The number of aromatic hydroxyl groups is 1. The smallest absolute Gasteiger partial charge is 0.161 e. The summed E-state index contributed by atoms with van der Waals surface area (Å²) in [5, 5.41) is 23.6. The highest BCUT2D eigenvalue weighted by atomic mass is 16.5. The van der Waals surface area contributed by atoms with E-state index in [1.54, 1.807) is 13.2 Å². The predicted molar refractivity (Wildman–Crippen MR) is 202 cm³/mol. The number of methoxy groups -OCH3 is 1. The first-order valence-corrected chi connectivity index (χ1v) is 18.2. The lowest BCUT2D eigenvalue weighted by atomic mass is 9.80. The number of aliphatic hydroxyl groups excluding tert-OH is 1. The standard InChI is InChI=1S/C45H48O6/c1-3-34-28-43(48)41-14-9-23-50-39(27-36-26-37(46)20-18-35(36)13-8-7-12-31-10-5-4-6-11-31)29-38(47)19-15-32-17-22-44(49-2)45(25-32)51-30-33-16-21-40(41)42(34)24-33/h4-6,10-11,16-18,20-22,24-26,28,35-36,39,46,48H,3,7-8,12-15,19,27,29-30H2,1-2H3/t35-,36-,39+/m1/s1. The third kappa shape index (κ3) is 9.35. The summed E-state index contributed by atoms with van der Waals surface area (Å²) in [7, 11) is 1.62. The minimum absolute atomic E-state index is 0.0120. The molecule has 0 unspecified atom stereocenters. The number of Topliss-reactive ketones (excluding diaryl/α,β-unsaturated/α-hetero) is 1. The number of ketones is 1. The molecule has 0 saturated carbocycles. The molecule has 4 aromatic carbocycles. The van der Waals surface area contributed by atoms with Crippen LogP contribution in [-0.2, 0) is 41.8 Å². The van der Waals surface area contributed by atoms with E-state index in [2.05, 4.69) is 55.4 Å². The van der Waals surface area contributed by atoms with E-state index in [0.29, 0.717) is 43.8 Å². The monoisotopic (exact) mass is 684 g/mol. The van der Waals surface area contributed by atoms with Crippen molar-refractivity contribution in [2.75, 3.05) is 7.11 Å². The molecule has 4 aromatic rings. The van der Waals surface area contributed by atoms with Gasteiger partial charge in [0.1, 0.15) is 36.1 Å². The number of hydrogen-bond acceptors (Lipinski definition) is 6. The largest absolute Gasteiger partial charge is 0.508 e. The Morgan fingerprint density at radius 3 is 2.59 bits per heavy atom. The van der Waals surface area contributed by atoms with Gasteiger partial charge in [0.15, 0.2) is 11.5 Å². The maximum absolute atomic E-state index is 13.5. The van der Waals surface area contributed by atoms with Crippen LogP contribution in [0.25, 0.3) is 10.8 Å². The zero-order chi connectivity index (χ0) is 35.6. The zero-order valence-electron chi connectivity index (χ0n) is 29.7. The van der Waals surface area contributed by atoms with E-state index in [0.717, 1.165) is 65.1 Å². The molecular formula is C45H48O6. The van der Waals surface area contributed by atoms with E-state index in [1.807, 2.05) is 48.5 Å². The predicted octanol–water partition coefficient (Wildman–Crippen LogP) is 9.54. The number of fused-ring (bicyclic) bond motifs is 9. The van der Waals surface area contributed by atoms with Gasteiger partial charge in [0.2, 0.25) is 0 Å². The molecule has 7 rings (SSSR count). The molecule has 3 atom stereocenters. The highest BCUT2D eigenvalue weighted by Gasteiger charge is 2.27. The molecular weight excluding hydrogens is 636 g/mol. The number of phenols is 1. The Kier molecular flexibility index (Phi) is 12.0. The normalized spacial score (nSPS) is 19.2. The molecule has 0 fully saturated rings.